The summed E-state index contributed by atoms with van der Waals surface area (Å²) in [6.45, 7) is 6.03. The summed E-state index contributed by atoms with van der Waals surface area (Å²) in [7, 11) is 0. The van der Waals surface area contributed by atoms with E-state index in [0.717, 1.165) is 32.1 Å². The summed E-state index contributed by atoms with van der Waals surface area (Å²) in [5, 5.41) is 38.1. The molecule has 2 unspecified atom stereocenters. The molecule has 15 nitrogen and oxygen atoms in total. The number of nitrogens with zero attached hydrogens (tertiary/aromatic N) is 6. The monoisotopic (exact) mass is 972 g/mol. The van der Waals surface area contributed by atoms with Crippen molar-refractivity contribution in [2.45, 2.75) is 84.2 Å². The van der Waals surface area contributed by atoms with Gasteiger partial charge in [-0.05, 0) is 123 Å². The Balaban J connectivity index is 0.000000159. The highest BCUT2D eigenvalue weighted by atomic mass is 16.3. The van der Waals surface area contributed by atoms with Crippen LogP contribution in [0.15, 0.2) is 170 Å². The Morgan fingerprint density at radius 3 is 0.889 bits per heavy atom. The van der Waals surface area contributed by atoms with E-state index in [9.17, 15) is 44.1 Å². The van der Waals surface area contributed by atoms with Crippen LogP contribution < -0.4 is 30.1 Å². The van der Waals surface area contributed by atoms with Gasteiger partial charge in [0.25, 0.3) is 35.4 Å². The average molecular weight is 973 g/mol. The van der Waals surface area contributed by atoms with Gasteiger partial charge in [-0.15, -0.1) is 0 Å². The maximum Gasteiger partial charge on any atom is 0.288 e. The van der Waals surface area contributed by atoms with Gasteiger partial charge in [0.15, 0.2) is 0 Å². The quantitative estimate of drug-likeness (QED) is 0.0844. The zero-order chi connectivity index (χ0) is 51.4. The molecule has 372 valence electrons. The topological polar surface area (TPSA) is 183 Å². The molecule has 3 saturated heterocycles. The van der Waals surface area contributed by atoms with Crippen molar-refractivity contribution in [2.24, 2.45) is 11.8 Å². The summed E-state index contributed by atoms with van der Waals surface area (Å²) < 4.78 is 0. The highest BCUT2D eigenvalue weighted by molar-refractivity contribution is 6.28. The van der Waals surface area contributed by atoms with Crippen LogP contribution in [0.5, 0.6) is 11.5 Å². The molecule has 0 radical (unpaired) electrons. The van der Waals surface area contributed by atoms with Crippen LogP contribution in [0.4, 0.5) is 34.1 Å². The van der Waals surface area contributed by atoms with Gasteiger partial charge in [0.1, 0.15) is 23.3 Å². The Morgan fingerprint density at radius 2 is 0.611 bits per heavy atom. The van der Waals surface area contributed by atoms with Crippen LogP contribution in [-0.4, -0.2) is 56.4 Å². The minimum atomic E-state index is -2.08. The zero-order valence-electron chi connectivity index (χ0n) is 40.7. The molecule has 9 rings (SSSR count). The second-order valence-electron chi connectivity index (χ2n) is 17.6. The Morgan fingerprint density at radius 1 is 0.361 bits per heavy atom. The molecule has 0 aliphatic carbocycles. The van der Waals surface area contributed by atoms with Crippen LogP contribution >= 0.6 is 0 Å². The number of aromatic hydroxyl groups is 2. The van der Waals surface area contributed by atoms with Gasteiger partial charge < -0.3 is 15.3 Å². The molecule has 72 heavy (non-hydrogen) atoms. The third kappa shape index (κ3) is 10.9. The molecule has 3 aliphatic heterocycles. The van der Waals surface area contributed by atoms with E-state index < -0.39 is 29.3 Å². The van der Waals surface area contributed by atoms with Crippen molar-refractivity contribution in [2.75, 3.05) is 30.1 Å². The molecule has 0 spiro atoms. The average Bonchev–Trinajstić information content (AvgIpc) is 3.90. The normalized spacial score (nSPS) is 17.9. The van der Waals surface area contributed by atoms with Crippen molar-refractivity contribution >= 4 is 69.6 Å². The molecule has 6 amide bonds. The van der Waals surface area contributed by atoms with Gasteiger partial charge in [0.05, 0.1) is 34.1 Å². The largest absolute Gasteiger partial charge is 0.508 e. The van der Waals surface area contributed by atoms with Crippen molar-refractivity contribution < 1.29 is 44.1 Å². The number of hydrogen-bond donors (Lipinski definition) is 3. The SMILES string of the molecule is CCCCC1(O)C(=O)N(c2ccccc2)N(c2ccc(O)cc2)C1=O.CCCCC1C(=O)N(c2ccccc2)N(c2ccc(O)cc2)C1=O.CCCCC1C(=O)N(c2ccccc2)N(c2ccccc2)C1=O. The fourth-order valence-electron chi connectivity index (χ4n) is 8.68. The van der Waals surface area contributed by atoms with Gasteiger partial charge >= 0.3 is 0 Å². The molecule has 3 heterocycles. The first-order chi connectivity index (χ1) is 34.9. The van der Waals surface area contributed by atoms with Gasteiger partial charge in [-0.3, -0.25) is 28.8 Å². The van der Waals surface area contributed by atoms with Crippen LogP contribution in [0.1, 0.15) is 78.6 Å². The number of hydrogen-bond acceptors (Lipinski definition) is 9. The van der Waals surface area contributed by atoms with E-state index in [0.29, 0.717) is 53.4 Å². The number of carbonyl (C=O) groups is 6. The molecule has 15 heteroatoms. The van der Waals surface area contributed by atoms with E-state index in [2.05, 4.69) is 6.92 Å². The molecule has 3 fully saturated rings. The minimum absolute atomic E-state index is 0.0502. The van der Waals surface area contributed by atoms with E-state index in [1.54, 1.807) is 54.6 Å². The zero-order valence-corrected chi connectivity index (χ0v) is 40.7. The first-order valence-corrected chi connectivity index (χ1v) is 24.4. The first kappa shape index (κ1) is 51.5. The van der Waals surface area contributed by atoms with Crippen molar-refractivity contribution in [3.8, 4) is 11.5 Å². The van der Waals surface area contributed by atoms with Crippen LogP contribution in [0, 0.1) is 11.8 Å². The van der Waals surface area contributed by atoms with E-state index in [1.165, 1.54) is 66.5 Å². The maximum absolute atomic E-state index is 13.0. The number of benzene rings is 6. The summed E-state index contributed by atoms with van der Waals surface area (Å²) in [5.41, 5.74) is 1.46. The number of para-hydroxylation sites is 4. The smallest absolute Gasteiger partial charge is 0.288 e. The lowest BCUT2D eigenvalue weighted by molar-refractivity contribution is -0.145. The van der Waals surface area contributed by atoms with Crippen LogP contribution in [-0.2, 0) is 28.8 Å². The van der Waals surface area contributed by atoms with Gasteiger partial charge in [0, 0.05) is 0 Å². The van der Waals surface area contributed by atoms with Crippen molar-refractivity contribution in [3.63, 3.8) is 0 Å². The Labute approximate surface area is 419 Å². The van der Waals surface area contributed by atoms with Gasteiger partial charge in [-0.2, -0.15) is 0 Å². The third-order valence-electron chi connectivity index (χ3n) is 12.5. The Hall–Kier alpha value is -8.30. The first-order valence-electron chi connectivity index (χ1n) is 24.4. The highest BCUT2D eigenvalue weighted by Gasteiger charge is 2.58. The lowest BCUT2D eigenvalue weighted by Crippen LogP contribution is -2.44. The predicted octanol–water partition coefficient (Wildman–Crippen LogP) is 9.89. The highest BCUT2D eigenvalue weighted by Crippen LogP contribution is 2.38. The number of carbonyl (C=O) groups excluding carboxylic acids is 6. The number of rotatable bonds is 15. The van der Waals surface area contributed by atoms with Gasteiger partial charge in [0.2, 0.25) is 5.60 Å². The minimum Gasteiger partial charge on any atom is -0.508 e. The van der Waals surface area contributed by atoms with E-state index in [4.69, 9.17) is 0 Å². The standard InChI is InChI=1S/C19H20N2O4.C19H20N2O3.C19H20N2O2/c1-2-3-13-19(25)17(23)20(14-7-5-4-6-8-14)21(18(19)24)15-9-11-16(22)12-10-15;1-2-3-9-17-18(23)20(14-7-5-4-6-8-14)21(19(17)24)15-10-12-16(22)13-11-15;1-2-3-14-17-18(22)20(15-10-6-4-7-11-15)21(19(17)23)16-12-8-5-9-13-16/h4-12,22,25H,2-3,13H2,1H3;4-8,10-13,17,22H,2-3,9H2,1H3;4-13,17H,2-3,14H2,1H3. The van der Waals surface area contributed by atoms with Crippen LogP contribution in [0.3, 0.4) is 0 Å². The molecular weight excluding hydrogens is 913 g/mol. The van der Waals surface area contributed by atoms with Crippen molar-refractivity contribution in [1.29, 1.82) is 0 Å². The predicted molar refractivity (Wildman–Crippen MR) is 277 cm³/mol. The lowest BCUT2D eigenvalue weighted by Gasteiger charge is -2.27. The Bertz CT molecular complexity index is 2740. The molecule has 3 aliphatic rings. The summed E-state index contributed by atoms with van der Waals surface area (Å²) >= 11 is 0. The molecule has 2 atom stereocenters. The molecular formula is C57H60N6O9. The number of hydrazine groups is 3. The summed E-state index contributed by atoms with van der Waals surface area (Å²) in [4.78, 5) is 77.4. The van der Waals surface area contributed by atoms with E-state index >= 15 is 0 Å². The summed E-state index contributed by atoms with van der Waals surface area (Å²) in [6, 6.07) is 48.8. The van der Waals surface area contributed by atoms with Crippen LogP contribution in [0.2, 0.25) is 0 Å². The number of phenolic OH excluding ortho intramolecular Hbond substituents is 2. The molecule has 6 aromatic carbocycles. The van der Waals surface area contributed by atoms with Gasteiger partial charge in [-0.1, -0.05) is 126 Å². The molecule has 3 N–H and O–H groups in total. The Kier molecular flexibility index (Phi) is 16.9. The number of anilines is 6. The van der Waals surface area contributed by atoms with Crippen LogP contribution in [0.25, 0.3) is 0 Å². The van der Waals surface area contributed by atoms with E-state index in [1.807, 2.05) is 92.7 Å². The molecule has 0 saturated carbocycles. The van der Waals surface area contributed by atoms with Crippen molar-refractivity contribution in [3.05, 3.63) is 170 Å². The van der Waals surface area contributed by atoms with Crippen molar-refractivity contribution in [1.82, 2.24) is 0 Å². The molecule has 0 bridgehead atoms. The summed E-state index contributed by atoms with van der Waals surface area (Å²) in [6.07, 6.45) is 6.12. The third-order valence-corrected chi connectivity index (χ3v) is 12.5. The fourth-order valence-corrected chi connectivity index (χ4v) is 8.68. The van der Waals surface area contributed by atoms with Gasteiger partial charge in [-0.25, -0.2) is 30.1 Å². The fraction of sp³-hybridized carbons (Fsp3) is 0.263. The summed E-state index contributed by atoms with van der Waals surface area (Å²) in [5.74, 6) is -3.12. The molecule has 0 aromatic heterocycles. The second kappa shape index (κ2) is 23.5. The number of phenols is 2. The number of unbranched alkanes of at least 4 members (excludes halogenated alkanes) is 3. The number of aliphatic hydroxyl groups is 1. The molecule has 6 aromatic rings. The second-order valence-corrected chi connectivity index (χ2v) is 17.6. The van der Waals surface area contributed by atoms with E-state index in [-0.39, 0.29) is 41.5 Å². The maximum atomic E-state index is 13.0. The lowest BCUT2D eigenvalue weighted by atomic mass is 9.96. The number of amides is 6.